The Morgan fingerprint density at radius 2 is 2.10 bits per heavy atom. The molecular weight excluding hydrogens is 283 g/mol. The van der Waals surface area contributed by atoms with Gasteiger partial charge in [-0.2, -0.15) is 0 Å². The molecule has 0 aliphatic heterocycles. The summed E-state index contributed by atoms with van der Waals surface area (Å²) >= 11 is 1.54. The lowest BCUT2D eigenvalue weighted by Gasteiger charge is -2.19. The van der Waals surface area contributed by atoms with E-state index in [0.29, 0.717) is 4.90 Å². The Balaban J connectivity index is 2.08. The lowest BCUT2D eigenvalue weighted by atomic mass is 10.1. The number of aryl methyl sites for hydroxylation is 1. The van der Waals surface area contributed by atoms with Gasteiger partial charge in [0.15, 0.2) is 0 Å². The molecule has 2 nitrogen and oxygen atoms in total. The summed E-state index contributed by atoms with van der Waals surface area (Å²) in [7, 11) is 0. The fraction of sp³-hybridized carbons (Fsp3) is 0.353. The minimum Gasteiger partial charge on any atom is -0.309 e. The Hall–Kier alpha value is -1.39. The maximum absolute atomic E-state index is 13.7. The molecule has 0 saturated heterocycles. The number of nitrogens with zero attached hydrogens (tertiary/aromatic N) is 1. The molecule has 1 N–H and O–H groups in total. The molecule has 0 aliphatic carbocycles. The highest BCUT2D eigenvalue weighted by Gasteiger charge is 2.13. The maximum Gasteiger partial charge on any atom is 0.136 e. The Labute approximate surface area is 130 Å². The Bertz CT molecular complexity index is 574. The lowest BCUT2D eigenvalue weighted by molar-refractivity contribution is 0.573. The molecule has 2 rings (SSSR count). The normalized spacial score (nSPS) is 12.3. The summed E-state index contributed by atoms with van der Waals surface area (Å²) in [6, 6.07) is 9.24. The molecule has 0 fully saturated rings. The zero-order chi connectivity index (χ0) is 15.1. The molecule has 0 amide bonds. The Morgan fingerprint density at radius 3 is 2.81 bits per heavy atom. The standard InChI is InChI=1S/C17H21FN2S/c1-3-8-20-16(14-9-13(2)10-19-11-14)12-21-17-7-5-4-6-15(17)18/h4-7,9-11,16,20H,3,8,12H2,1-2H3. The van der Waals surface area contributed by atoms with Gasteiger partial charge in [0.25, 0.3) is 0 Å². The number of pyridine rings is 1. The van der Waals surface area contributed by atoms with Crippen LogP contribution in [0.4, 0.5) is 4.39 Å². The summed E-state index contributed by atoms with van der Waals surface area (Å²) in [4.78, 5) is 4.96. The van der Waals surface area contributed by atoms with E-state index in [9.17, 15) is 4.39 Å². The van der Waals surface area contributed by atoms with Crippen molar-refractivity contribution in [2.75, 3.05) is 12.3 Å². The smallest absolute Gasteiger partial charge is 0.136 e. The number of halogens is 1. The fourth-order valence-electron chi connectivity index (χ4n) is 2.10. The van der Waals surface area contributed by atoms with Crippen molar-refractivity contribution in [1.29, 1.82) is 0 Å². The van der Waals surface area contributed by atoms with E-state index in [-0.39, 0.29) is 11.9 Å². The first-order valence-corrected chi connectivity index (χ1v) is 8.21. The van der Waals surface area contributed by atoms with Gasteiger partial charge in [-0.1, -0.05) is 25.1 Å². The second-order valence-corrected chi connectivity index (χ2v) is 6.11. The number of aromatic nitrogens is 1. The molecule has 2 aromatic rings. The van der Waals surface area contributed by atoms with Crippen molar-refractivity contribution in [3.8, 4) is 0 Å². The van der Waals surface area contributed by atoms with Crippen LogP contribution in [0.15, 0.2) is 47.6 Å². The number of benzene rings is 1. The van der Waals surface area contributed by atoms with Crippen LogP contribution in [0, 0.1) is 12.7 Å². The highest BCUT2D eigenvalue weighted by Crippen LogP contribution is 2.26. The molecule has 0 saturated carbocycles. The molecule has 1 aromatic carbocycles. The molecule has 0 radical (unpaired) electrons. The van der Waals surface area contributed by atoms with E-state index in [1.54, 1.807) is 17.8 Å². The molecule has 1 atom stereocenters. The Morgan fingerprint density at radius 1 is 1.29 bits per heavy atom. The third-order valence-corrected chi connectivity index (χ3v) is 4.32. The van der Waals surface area contributed by atoms with Gasteiger partial charge in [-0.05, 0) is 43.1 Å². The van der Waals surface area contributed by atoms with E-state index >= 15 is 0 Å². The van der Waals surface area contributed by atoms with Gasteiger partial charge in [-0.3, -0.25) is 4.98 Å². The van der Waals surface area contributed by atoms with Crippen molar-refractivity contribution in [3.63, 3.8) is 0 Å². The van der Waals surface area contributed by atoms with Gasteiger partial charge >= 0.3 is 0 Å². The first-order chi connectivity index (χ1) is 10.2. The van der Waals surface area contributed by atoms with Gasteiger partial charge in [-0.25, -0.2) is 4.39 Å². The summed E-state index contributed by atoms with van der Waals surface area (Å²) in [5.74, 6) is 0.630. The summed E-state index contributed by atoms with van der Waals surface area (Å²) in [6.07, 6.45) is 4.81. The molecule has 0 aliphatic rings. The number of hydrogen-bond donors (Lipinski definition) is 1. The van der Waals surface area contributed by atoms with Crippen LogP contribution in [0.3, 0.4) is 0 Å². The third-order valence-electron chi connectivity index (χ3n) is 3.18. The molecule has 1 aromatic heterocycles. The molecule has 0 bridgehead atoms. The predicted molar refractivity (Wildman–Crippen MR) is 87.1 cm³/mol. The third kappa shape index (κ3) is 4.83. The van der Waals surface area contributed by atoms with Crippen molar-refractivity contribution < 1.29 is 4.39 Å². The zero-order valence-electron chi connectivity index (χ0n) is 12.5. The SMILES string of the molecule is CCCNC(CSc1ccccc1F)c1cncc(C)c1. The van der Waals surface area contributed by atoms with Crippen molar-refractivity contribution >= 4 is 11.8 Å². The van der Waals surface area contributed by atoms with Crippen LogP contribution in [0.2, 0.25) is 0 Å². The molecule has 21 heavy (non-hydrogen) atoms. The highest BCUT2D eigenvalue weighted by atomic mass is 32.2. The summed E-state index contributed by atoms with van der Waals surface area (Å²) in [5.41, 5.74) is 2.30. The largest absolute Gasteiger partial charge is 0.309 e. The molecule has 1 heterocycles. The van der Waals surface area contributed by atoms with E-state index in [4.69, 9.17) is 0 Å². The molecular formula is C17H21FN2S. The minimum atomic E-state index is -0.154. The van der Waals surface area contributed by atoms with Gasteiger partial charge in [-0.15, -0.1) is 11.8 Å². The van der Waals surface area contributed by atoms with Crippen molar-refractivity contribution in [2.45, 2.75) is 31.2 Å². The first kappa shape index (κ1) is 16.0. The second-order valence-electron chi connectivity index (χ2n) is 5.04. The van der Waals surface area contributed by atoms with Crippen LogP contribution in [0.1, 0.15) is 30.5 Å². The molecule has 0 spiro atoms. The van der Waals surface area contributed by atoms with Crippen LogP contribution in [0.25, 0.3) is 0 Å². The second kappa shape index (κ2) is 8.15. The van der Waals surface area contributed by atoms with Gasteiger partial charge in [0.05, 0.1) is 0 Å². The van der Waals surface area contributed by atoms with Crippen LogP contribution in [-0.4, -0.2) is 17.3 Å². The summed E-state index contributed by atoms with van der Waals surface area (Å²) in [5, 5.41) is 3.52. The predicted octanol–water partition coefficient (Wildman–Crippen LogP) is 4.36. The topological polar surface area (TPSA) is 24.9 Å². The van der Waals surface area contributed by atoms with Gasteiger partial charge in [0.2, 0.25) is 0 Å². The Kier molecular flexibility index (Phi) is 6.21. The number of nitrogens with one attached hydrogen (secondary N) is 1. The summed E-state index contributed by atoms with van der Waals surface area (Å²) < 4.78 is 13.7. The number of rotatable bonds is 7. The highest BCUT2D eigenvalue weighted by molar-refractivity contribution is 7.99. The lowest BCUT2D eigenvalue weighted by Crippen LogP contribution is -2.24. The van der Waals surface area contributed by atoms with Gasteiger partial charge < -0.3 is 5.32 Å². The van der Waals surface area contributed by atoms with Crippen molar-refractivity contribution in [3.05, 3.63) is 59.7 Å². The van der Waals surface area contributed by atoms with E-state index in [1.165, 1.54) is 6.07 Å². The number of hydrogen-bond acceptors (Lipinski definition) is 3. The summed E-state index contributed by atoms with van der Waals surface area (Å²) in [6.45, 7) is 5.12. The van der Waals surface area contributed by atoms with Gasteiger partial charge in [0.1, 0.15) is 5.82 Å². The van der Waals surface area contributed by atoms with Crippen LogP contribution in [-0.2, 0) is 0 Å². The van der Waals surface area contributed by atoms with E-state index in [1.807, 2.05) is 31.5 Å². The van der Waals surface area contributed by atoms with Crippen LogP contribution < -0.4 is 5.32 Å². The zero-order valence-corrected chi connectivity index (χ0v) is 13.3. The number of thioether (sulfide) groups is 1. The molecule has 112 valence electrons. The van der Waals surface area contributed by atoms with Crippen molar-refractivity contribution in [2.24, 2.45) is 0 Å². The van der Waals surface area contributed by atoms with Gasteiger partial charge in [0, 0.05) is 29.1 Å². The quantitative estimate of drug-likeness (QED) is 0.769. The van der Waals surface area contributed by atoms with E-state index in [2.05, 4.69) is 23.3 Å². The maximum atomic E-state index is 13.7. The monoisotopic (exact) mass is 304 g/mol. The average molecular weight is 304 g/mol. The fourth-order valence-corrected chi connectivity index (χ4v) is 3.13. The van der Waals surface area contributed by atoms with E-state index in [0.717, 1.165) is 29.8 Å². The molecule has 4 heteroatoms. The molecule has 1 unspecified atom stereocenters. The average Bonchev–Trinajstić information content (AvgIpc) is 2.49. The van der Waals surface area contributed by atoms with Crippen LogP contribution in [0.5, 0.6) is 0 Å². The minimum absolute atomic E-state index is 0.154. The van der Waals surface area contributed by atoms with Crippen LogP contribution >= 0.6 is 11.8 Å². The van der Waals surface area contributed by atoms with Crippen molar-refractivity contribution in [1.82, 2.24) is 10.3 Å². The van der Waals surface area contributed by atoms with E-state index < -0.39 is 0 Å². The first-order valence-electron chi connectivity index (χ1n) is 7.23.